The van der Waals surface area contributed by atoms with Crippen LogP contribution in [0.2, 0.25) is 0 Å². The summed E-state index contributed by atoms with van der Waals surface area (Å²) in [7, 11) is -3.75. The van der Waals surface area contributed by atoms with Crippen LogP contribution in [-0.2, 0) is 10.0 Å². The fraction of sp³-hybridized carbons (Fsp3) is 0.409. The molecule has 2 saturated heterocycles. The first-order valence-corrected chi connectivity index (χ1v) is 12.4. The van der Waals surface area contributed by atoms with Gasteiger partial charge < -0.3 is 14.6 Å². The van der Waals surface area contributed by atoms with Gasteiger partial charge >= 0.3 is 0 Å². The number of fused-ring (bicyclic) bond motifs is 1. The fourth-order valence-electron chi connectivity index (χ4n) is 4.21. The highest BCUT2D eigenvalue weighted by molar-refractivity contribution is 7.89. The lowest BCUT2D eigenvalue weighted by molar-refractivity contribution is 0.0991. The molecule has 5 rings (SSSR count). The molecule has 0 aliphatic carbocycles. The number of carbonyl (C=O) groups excluding carboxylic acids is 1. The van der Waals surface area contributed by atoms with Crippen LogP contribution in [0.4, 0.5) is 11.6 Å². The van der Waals surface area contributed by atoms with Crippen molar-refractivity contribution in [3.8, 4) is 0 Å². The molecule has 2 aromatic heterocycles. The molecule has 0 spiro atoms. The Kier molecular flexibility index (Phi) is 5.56. The SMILES string of the molecule is O=C(Nc1nc2ccccc2nc1N1CCCC1)c1ccc(S(=O)(=O)N2CCCCC2)o1. The number of hydrogen-bond donors (Lipinski definition) is 1. The molecule has 32 heavy (non-hydrogen) atoms. The number of carbonyl (C=O) groups is 1. The lowest BCUT2D eigenvalue weighted by Gasteiger charge is -2.24. The van der Waals surface area contributed by atoms with Gasteiger partial charge in [0.25, 0.3) is 15.9 Å². The van der Waals surface area contributed by atoms with Crippen molar-refractivity contribution in [3.63, 3.8) is 0 Å². The number of nitrogens with one attached hydrogen (secondary N) is 1. The third-order valence-electron chi connectivity index (χ3n) is 5.90. The average molecular weight is 456 g/mol. The summed E-state index contributed by atoms with van der Waals surface area (Å²) >= 11 is 0. The van der Waals surface area contributed by atoms with Crippen molar-refractivity contribution < 1.29 is 17.6 Å². The fourth-order valence-corrected chi connectivity index (χ4v) is 5.63. The Hall–Kier alpha value is -2.98. The highest BCUT2D eigenvalue weighted by Crippen LogP contribution is 2.29. The Morgan fingerprint density at radius 3 is 2.25 bits per heavy atom. The normalized spacial score (nSPS) is 17.7. The number of furan rings is 1. The van der Waals surface area contributed by atoms with E-state index in [0.717, 1.165) is 50.7 Å². The van der Waals surface area contributed by atoms with Crippen molar-refractivity contribution >= 4 is 38.6 Å². The Bertz CT molecular complexity index is 1240. The third-order valence-corrected chi connectivity index (χ3v) is 7.68. The first kappa shape index (κ1) is 20.9. The Labute approximate surface area is 186 Å². The predicted molar refractivity (Wildman–Crippen MR) is 120 cm³/mol. The van der Waals surface area contributed by atoms with Crippen LogP contribution >= 0.6 is 0 Å². The molecule has 2 aliphatic heterocycles. The number of piperidine rings is 1. The number of hydrogen-bond acceptors (Lipinski definition) is 7. The Balaban J connectivity index is 1.42. The molecule has 0 atom stereocenters. The van der Waals surface area contributed by atoms with Crippen LogP contribution in [-0.4, -0.2) is 54.8 Å². The van der Waals surface area contributed by atoms with Crippen LogP contribution in [0.15, 0.2) is 45.9 Å². The standard InChI is InChI=1S/C22H25N5O4S/c28-22(18-10-11-19(31-18)32(29,30)27-14-4-1-5-15-27)25-20-21(26-12-6-7-13-26)24-17-9-3-2-8-16(17)23-20/h2-3,8-11H,1,4-7,12-15H2,(H,23,25,28). The topological polar surface area (TPSA) is 109 Å². The quantitative estimate of drug-likeness (QED) is 0.629. The zero-order valence-electron chi connectivity index (χ0n) is 17.7. The van der Waals surface area contributed by atoms with E-state index in [0.29, 0.717) is 30.2 Å². The number of benzene rings is 1. The van der Waals surface area contributed by atoms with Gasteiger partial charge in [0.05, 0.1) is 11.0 Å². The molecule has 9 nitrogen and oxygen atoms in total. The van der Waals surface area contributed by atoms with E-state index in [4.69, 9.17) is 9.40 Å². The van der Waals surface area contributed by atoms with Gasteiger partial charge in [0.1, 0.15) is 0 Å². The van der Waals surface area contributed by atoms with Crippen LogP contribution in [0.3, 0.4) is 0 Å². The van der Waals surface area contributed by atoms with Crippen LogP contribution in [0.1, 0.15) is 42.7 Å². The zero-order chi connectivity index (χ0) is 22.1. The second kappa shape index (κ2) is 8.51. The van der Waals surface area contributed by atoms with E-state index in [9.17, 15) is 13.2 Å². The van der Waals surface area contributed by atoms with Gasteiger partial charge in [-0.05, 0) is 49.9 Å². The van der Waals surface area contributed by atoms with Crippen LogP contribution < -0.4 is 10.2 Å². The van der Waals surface area contributed by atoms with Crippen LogP contribution in [0.25, 0.3) is 11.0 Å². The average Bonchev–Trinajstić information content (AvgIpc) is 3.52. The summed E-state index contributed by atoms with van der Waals surface area (Å²) < 4.78 is 32.6. The maximum Gasteiger partial charge on any atom is 0.292 e. The molecule has 1 N–H and O–H groups in total. The lowest BCUT2D eigenvalue weighted by Crippen LogP contribution is -2.35. The highest BCUT2D eigenvalue weighted by atomic mass is 32.2. The number of nitrogens with zero attached hydrogens (tertiary/aromatic N) is 4. The predicted octanol–water partition coefficient (Wildman–Crippen LogP) is 3.25. The minimum absolute atomic E-state index is 0.0806. The minimum Gasteiger partial charge on any atom is -0.438 e. The van der Waals surface area contributed by atoms with Gasteiger partial charge in [0, 0.05) is 26.2 Å². The summed E-state index contributed by atoms with van der Waals surface area (Å²) in [5.41, 5.74) is 1.42. The van der Waals surface area contributed by atoms with Gasteiger partial charge in [-0.15, -0.1) is 0 Å². The molecule has 10 heteroatoms. The molecule has 4 heterocycles. The molecular weight excluding hydrogens is 430 g/mol. The van der Waals surface area contributed by atoms with Gasteiger partial charge in [0.2, 0.25) is 5.09 Å². The van der Waals surface area contributed by atoms with Crippen molar-refractivity contribution in [1.29, 1.82) is 0 Å². The van der Waals surface area contributed by atoms with E-state index in [2.05, 4.69) is 15.2 Å². The lowest BCUT2D eigenvalue weighted by atomic mass is 10.2. The monoisotopic (exact) mass is 455 g/mol. The summed E-state index contributed by atoms with van der Waals surface area (Å²) in [4.78, 5) is 24.4. The van der Waals surface area contributed by atoms with Gasteiger partial charge in [-0.2, -0.15) is 4.31 Å². The Morgan fingerprint density at radius 2 is 1.53 bits per heavy atom. The molecule has 0 radical (unpaired) electrons. The second-order valence-electron chi connectivity index (χ2n) is 8.12. The van der Waals surface area contributed by atoms with E-state index >= 15 is 0 Å². The van der Waals surface area contributed by atoms with Crippen molar-refractivity contribution in [2.75, 3.05) is 36.4 Å². The molecule has 2 fully saturated rings. The smallest absolute Gasteiger partial charge is 0.292 e. The molecular formula is C22H25N5O4S. The van der Waals surface area contributed by atoms with Gasteiger partial charge in [-0.3, -0.25) is 4.79 Å². The van der Waals surface area contributed by atoms with E-state index in [1.54, 1.807) is 0 Å². The number of anilines is 2. The zero-order valence-corrected chi connectivity index (χ0v) is 18.5. The molecule has 1 aromatic carbocycles. The van der Waals surface area contributed by atoms with Crippen molar-refractivity contribution in [2.45, 2.75) is 37.2 Å². The second-order valence-corrected chi connectivity index (χ2v) is 9.99. The van der Waals surface area contributed by atoms with Crippen molar-refractivity contribution in [3.05, 3.63) is 42.2 Å². The Morgan fingerprint density at radius 1 is 0.875 bits per heavy atom. The highest BCUT2D eigenvalue weighted by Gasteiger charge is 2.30. The maximum absolute atomic E-state index is 12.9. The maximum atomic E-state index is 12.9. The first-order chi connectivity index (χ1) is 15.5. The van der Waals surface area contributed by atoms with E-state index in [1.807, 2.05) is 24.3 Å². The van der Waals surface area contributed by atoms with Crippen LogP contribution in [0.5, 0.6) is 0 Å². The van der Waals surface area contributed by atoms with Gasteiger partial charge in [0.15, 0.2) is 17.4 Å². The summed E-state index contributed by atoms with van der Waals surface area (Å²) in [5, 5.41) is 2.57. The molecule has 1 amide bonds. The largest absolute Gasteiger partial charge is 0.438 e. The first-order valence-electron chi connectivity index (χ1n) is 11.0. The molecule has 0 bridgehead atoms. The number of sulfonamides is 1. The summed E-state index contributed by atoms with van der Waals surface area (Å²) in [6.07, 6.45) is 4.78. The number of para-hydroxylation sites is 2. The van der Waals surface area contributed by atoms with Crippen molar-refractivity contribution in [2.24, 2.45) is 0 Å². The molecule has 0 unspecified atom stereocenters. The third kappa shape index (κ3) is 3.95. The van der Waals surface area contributed by atoms with E-state index < -0.39 is 15.9 Å². The molecule has 0 saturated carbocycles. The van der Waals surface area contributed by atoms with Gasteiger partial charge in [-0.25, -0.2) is 18.4 Å². The number of amides is 1. The van der Waals surface area contributed by atoms with Gasteiger partial charge in [-0.1, -0.05) is 18.6 Å². The minimum atomic E-state index is -3.75. The molecule has 3 aromatic rings. The van der Waals surface area contributed by atoms with E-state index in [-0.39, 0.29) is 10.9 Å². The van der Waals surface area contributed by atoms with E-state index in [1.165, 1.54) is 16.4 Å². The number of rotatable bonds is 5. The summed E-state index contributed by atoms with van der Waals surface area (Å²) in [5.74, 6) is 0.313. The summed E-state index contributed by atoms with van der Waals surface area (Å²) in [6, 6.07) is 10.2. The van der Waals surface area contributed by atoms with Crippen LogP contribution in [0, 0.1) is 0 Å². The number of aromatic nitrogens is 2. The molecule has 168 valence electrons. The molecule has 2 aliphatic rings. The van der Waals surface area contributed by atoms with Crippen molar-refractivity contribution in [1.82, 2.24) is 14.3 Å². The summed E-state index contributed by atoms with van der Waals surface area (Å²) in [6.45, 7) is 2.62.